The van der Waals surface area contributed by atoms with Crippen molar-refractivity contribution in [2.45, 2.75) is 26.2 Å². The molecule has 1 aromatic carbocycles. The first-order valence-corrected chi connectivity index (χ1v) is 5.92. The highest BCUT2D eigenvalue weighted by atomic mass is 16.1. The standard InChI is InChI=1S/C13H18N2O/c1-2-14-9-13(16)15-12-7-6-10-4-3-5-11(10)8-12/h6-8,14H,2-5,9H2,1H3,(H,15,16). The normalized spacial score (nSPS) is 13.6. The van der Waals surface area contributed by atoms with Gasteiger partial charge in [0.25, 0.3) is 0 Å². The largest absolute Gasteiger partial charge is 0.325 e. The molecule has 3 heteroatoms. The van der Waals surface area contributed by atoms with E-state index in [-0.39, 0.29) is 5.91 Å². The van der Waals surface area contributed by atoms with Gasteiger partial charge in [-0.15, -0.1) is 0 Å². The van der Waals surface area contributed by atoms with Gasteiger partial charge >= 0.3 is 0 Å². The smallest absolute Gasteiger partial charge is 0.238 e. The molecule has 0 bridgehead atoms. The number of carbonyl (C=O) groups is 1. The Balaban J connectivity index is 1.97. The molecule has 0 saturated carbocycles. The number of hydrogen-bond donors (Lipinski definition) is 2. The van der Waals surface area contributed by atoms with E-state index in [0.29, 0.717) is 6.54 Å². The Labute approximate surface area is 96.2 Å². The van der Waals surface area contributed by atoms with E-state index in [0.717, 1.165) is 18.7 Å². The van der Waals surface area contributed by atoms with E-state index in [9.17, 15) is 4.79 Å². The van der Waals surface area contributed by atoms with Crippen LogP contribution in [0.15, 0.2) is 18.2 Å². The van der Waals surface area contributed by atoms with E-state index >= 15 is 0 Å². The van der Waals surface area contributed by atoms with Crippen molar-refractivity contribution in [2.75, 3.05) is 18.4 Å². The van der Waals surface area contributed by atoms with Crippen LogP contribution in [0.1, 0.15) is 24.5 Å². The molecule has 0 atom stereocenters. The Bertz CT molecular complexity index is 388. The van der Waals surface area contributed by atoms with Crippen LogP contribution in [-0.4, -0.2) is 19.0 Å². The molecule has 86 valence electrons. The predicted molar refractivity (Wildman–Crippen MR) is 65.6 cm³/mol. The molecule has 16 heavy (non-hydrogen) atoms. The Kier molecular flexibility index (Phi) is 3.57. The predicted octanol–water partition coefficient (Wildman–Crippen LogP) is 1.72. The molecule has 1 aliphatic rings. The zero-order valence-corrected chi connectivity index (χ0v) is 9.68. The number of benzene rings is 1. The summed E-state index contributed by atoms with van der Waals surface area (Å²) in [6.45, 7) is 3.19. The average molecular weight is 218 g/mol. The van der Waals surface area contributed by atoms with Crippen molar-refractivity contribution in [3.05, 3.63) is 29.3 Å². The van der Waals surface area contributed by atoms with Crippen molar-refractivity contribution >= 4 is 11.6 Å². The van der Waals surface area contributed by atoms with Gasteiger partial charge in [-0.25, -0.2) is 0 Å². The van der Waals surface area contributed by atoms with Crippen molar-refractivity contribution in [1.82, 2.24) is 5.32 Å². The second-order valence-corrected chi connectivity index (χ2v) is 4.17. The van der Waals surface area contributed by atoms with Crippen LogP contribution in [0, 0.1) is 0 Å². The lowest BCUT2D eigenvalue weighted by atomic mass is 10.1. The monoisotopic (exact) mass is 218 g/mol. The fraction of sp³-hybridized carbons (Fsp3) is 0.462. The maximum atomic E-state index is 11.5. The summed E-state index contributed by atoms with van der Waals surface area (Å²) in [7, 11) is 0. The van der Waals surface area contributed by atoms with Crippen LogP contribution >= 0.6 is 0 Å². The van der Waals surface area contributed by atoms with Gasteiger partial charge in [0, 0.05) is 5.69 Å². The van der Waals surface area contributed by atoms with Crippen LogP contribution in [0.4, 0.5) is 5.69 Å². The van der Waals surface area contributed by atoms with Gasteiger partial charge in [-0.3, -0.25) is 4.79 Å². The fourth-order valence-electron chi connectivity index (χ4n) is 2.09. The molecule has 1 amide bonds. The van der Waals surface area contributed by atoms with E-state index in [1.165, 1.54) is 24.0 Å². The summed E-state index contributed by atoms with van der Waals surface area (Å²) in [6.07, 6.45) is 3.57. The molecule has 3 nitrogen and oxygen atoms in total. The van der Waals surface area contributed by atoms with Gasteiger partial charge < -0.3 is 10.6 Å². The minimum Gasteiger partial charge on any atom is -0.325 e. The molecule has 0 aliphatic heterocycles. The van der Waals surface area contributed by atoms with Crippen molar-refractivity contribution in [2.24, 2.45) is 0 Å². The molecule has 2 N–H and O–H groups in total. The molecule has 1 aliphatic carbocycles. The number of rotatable bonds is 4. The van der Waals surface area contributed by atoms with E-state index in [1.54, 1.807) is 0 Å². The summed E-state index contributed by atoms with van der Waals surface area (Å²) in [4.78, 5) is 11.5. The van der Waals surface area contributed by atoms with E-state index in [1.807, 2.05) is 13.0 Å². The number of nitrogens with one attached hydrogen (secondary N) is 2. The number of carbonyl (C=O) groups excluding carboxylic acids is 1. The zero-order chi connectivity index (χ0) is 11.4. The van der Waals surface area contributed by atoms with Crippen LogP contribution in [0.5, 0.6) is 0 Å². The first-order chi connectivity index (χ1) is 7.79. The second kappa shape index (κ2) is 5.12. The Morgan fingerprint density at radius 3 is 2.94 bits per heavy atom. The van der Waals surface area contributed by atoms with Gasteiger partial charge in [0.1, 0.15) is 0 Å². The molecule has 0 fully saturated rings. The second-order valence-electron chi connectivity index (χ2n) is 4.17. The van der Waals surface area contributed by atoms with E-state index in [2.05, 4.69) is 22.8 Å². The number of anilines is 1. The van der Waals surface area contributed by atoms with Gasteiger partial charge in [-0.1, -0.05) is 13.0 Å². The lowest BCUT2D eigenvalue weighted by Gasteiger charge is -2.07. The van der Waals surface area contributed by atoms with Gasteiger partial charge in [0.15, 0.2) is 0 Å². The lowest BCUT2D eigenvalue weighted by Crippen LogP contribution is -2.27. The molecule has 0 unspecified atom stereocenters. The molecule has 0 saturated heterocycles. The quantitative estimate of drug-likeness (QED) is 0.808. The third-order valence-corrected chi connectivity index (χ3v) is 2.92. The summed E-state index contributed by atoms with van der Waals surface area (Å²) >= 11 is 0. The first-order valence-electron chi connectivity index (χ1n) is 5.92. The van der Waals surface area contributed by atoms with Crippen LogP contribution in [0.25, 0.3) is 0 Å². The lowest BCUT2D eigenvalue weighted by molar-refractivity contribution is -0.115. The minimum absolute atomic E-state index is 0.0276. The highest BCUT2D eigenvalue weighted by molar-refractivity contribution is 5.92. The summed E-state index contributed by atoms with van der Waals surface area (Å²) < 4.78 is 0. The summed E-state index contributed by atoms with van der Waals surface area (Å²) in [5.74, 6) is 0.0276. The highest BCUT2D eigenvalue weighted by Crippen LogP contribution is 2.24. The zero-order valence-electron chi connectivity index (χ0n) is 9.68. The number of amides is 1. The Hall–Kier alpha value is -1.35. The van der Waals surface area contributed by atoms with Gasteiger partial charge in [-0.05, 0) is 49.1 Å². The number of hydrogen-bond acceptors (Lipinski definition) is 2. The molecular weight excluding hydrogens is 200 g/mol. The topological polar surface area (TPSA) is 41.1 Å². The third-order valence-electron chi connectivity index (χ3n) is 2.92. The van der Waals surface area contributed by atoms with Crippen molar-refractivity contribution in [1.29, 1.82) is 0 Å². The highest BCUT2D eigenvalue weighted by Gasteiger charge is 2.11. The molecule has 0 heterocycles. The number of aryl methyl sites for hydroxylation is 2. The summed E-state index contributed by atoms with van der Waals surface area (Å²) in [5.41, 5.74) is 3.74. The molecule has 0 aromatic heterocycles. The molecule has 2 rings (SSSR count). The van der Waals surface area contributed by atoms with Crippen molar-refractivity contribution < 1.29 is 4.79 Å². The SMILES string of the molecule is CCNCC(=O)Nc1ccc2c(c1)CCC2. The van der Waals surface area contributed by atoms with Gasteiger partial charge in [-0.2, -0.15) is 0 Å². The van der Waals surface area contributed by atoms with Crippen LogP contribution in [0.3, 0.4) is 0 Å². The van der Waals surface area contributed by atoms with Crippen LogP contribution in [0.2, 0.25) is 0 Å². The average Bonchev–Trinajstić information content (AvgIpc) is 2.73. The van der Waals surface area contributed by atoms with Gasteiger partial charge in [0.2, 0.25) is 5.91 Å². The molecule has 0 spiro atoms. The van der Waals surface area contributed by atoms with Gasteiger partial charge in [0.05, 0.1) is 6.54 Å². The molecule has 0 radical (unpaired) electrons. The molecular formula is C13H18N2O. The summed E-state index contributed by atoms with van der Waals surface area (Å²) in [6, 6.07) is 6.23. The van der Waals surface area contributed by atoms with Crippen molar-refractivity contribution in [3.8, 4) is 0 Å². The summed E-state index contributed by atoms with van der Waals surface area (Å²) in [5, 5.41) is 5.91. The Morgan fingerprint density at radius 2 is 2.12 bits per heavy atom. The third kappa shape index (κ3) is 2.61. The minimum atomic E-state index is 0.0276. The molecule has 1 aromatic rings. The fourth-order valence-corrected chi connectivity index (χ4v) is 2.09. The number of likely N-dealkylation sites (N-methyl/N-ethyl adjacent to an activating group) is 1. The van der Waals surface area contributed by atoms with E-state index in [4.69, 9.17) is 0 Å². The van der Waals surface area contributed by atoms with E-state index < -0.39 is 0 Å². The van der Waals surface area contributed by atoms with Crippen molar-refractivity contribution in [3.63, 3.8) is 0 Å². The maximum Gasteiger partial charge on any atom is 0.238 e. The van der Waals surface area contributed by atoms with Crippen LogP contribution in [-0.2, 0) is 17.6 Å². The number of fused-ring (bicyclic) bond motifs is 1. The first kappa shape index (κ1) is 11.1. The Morgan fingerprint density at radius 1 is 1.31 bits per heavy atom. The maximum absolute atomic E-state index is 11.5. The van der Waals surface area contributed by atoms with Crippen LogP contribution < -0.4 is 10.6 Å².